The molecular weight excluding hydrogens is 623 g/mol. The zero-order valence-corrected chi connectivity index (χ0v) is 33.4. The summed E-state index contributed by atoms with van der Waals surface area (Å²) < 4.78 is 23.5. The van der Waals surface area contributed by atoms with Gasteiger partial charge in [-0.1, -0.05) is 174 Å². The maximum Gasteiger partial charge on any atom is 0.472 e. The lowest BCUT2D eigenvalue weighted by Gasteiger charge is -2.26. The lowest BCUT2D eigenvalue weighted by atomic mass is 10.0. The number of phosphoric acid groups is 1. The molecular formula is C39H82N2O6P+. The Morgan fingerprint density at radius 3 is 1.40 bits per heavy atom. The van der Waals surface area contributed by atoms with Gasteiger partial charge in [-0.25, -0.2) is 4.57 Å². The third-order valence-corrected chi connectivity index (χ3v) is 10.3. The average Bonchev–Trinajstić information content (AvgIpc) is 3.02. The SMILES string of the molecule is CCCCCCCCCCCCCCCCCCCC(O)C(COP(=O)(O)OCC[N+](C)(C)C)NC(=O)CCCCCCCCCCC. The number of hydrogen-bond acceptors (Lipinski definition) is 5. The van der Waals surface area contributed by atoms with Crippen molar-refractivity contribution in [1.82, 2.24) is 5.32 Å². The van der Waals surface area contributed by atoms with Crippen molar-refractivity contribution in [1.29, 1.82) is 0 Å². The number of aliphatic hydroxyl groups is 1. The van der Waals surface area contributed by atoms with Gasteiger partial charge in [-0.2, -0.15) is 0 Å². The number of carbonyl (C=O) groups is 1. The fourth-order valence-corrected chi connectivity index (χ4v) is 6.78. The summed E-state index contributed by atoms with van der Waals surface area (Å²) in [7, 11) is 1.62. The Bertz CT molecular complexity index is 763. The van der Waals surface area contributed by atoms with Crippen molar-refractivity contribution in [3.8, 4) is 0 Å². The minimum Gasteiger partial charge on any atom is -0.391 e. The Morgan fingerprint density at radius 2 is 1.00 bits per heavy atom. The molecule has 288 valence electrons. The average molecular weight is 706 g/mol. The fourth-order valence-electron chi connectivity index (χ4n) is 6.05. The lowest BCUT2D eigenvalue weighted by Crippen LogP contribution is -2.46. The van der Waals surface area contributed by atoms with Crippen LogP contribution in [-0.2, 0) is 18.4 Å². The van der Waals surface area contributed by atoms with E-state index >= 15 is 0 Å². The number of unbranched alkanes of at least 4 members (excludes halogenated alkanes) is 24. The van der Waals surface area contributed by atoms with E-state index in [0.29, 0.717) is 23.9 Å². The van der Waals surface area contributed by atoms with Crippen molar-refractivity contribution in [3.63, 3.8) is 0 Å². The van der Waals surface area contributed by atoms with Gasteiger partial charge in [0.1, 0.15) is 13.2 Å². The zero-order chi connectivity index (χ0) is 35.8. The number of nitrogens with one attached hydrogen (secondary N) is 1. The molecule has 3 N–H and O–H groups in total. The van der Waals surface area contributed by atoms with E-state index in [1.165, 1.54) is 128 Å². The summed E-state index contributed by atoms with van der Waals surface area (Å²) in [6.07, 6.45) is 32.7. The molecule has 0 aliphatic carbocycles. The van der Waals surface area contributed by atoms with E-state index in [4.69, 9.17) is 9.05 Å². The van der Waals surface area contributed by atoms with E-state index in [1.54, 1.807) is 0 Å². The number of likely N-dealkylation sites (N-methyl/N-ethyl adjacent to an activating group) is 1. The Hall–Kier alpha value is -0.500. The van der Waals surface area contributed by atoms with Gasteiger partial charge in [0.25, 0.3) is 0 Å². The molecule has 0 rings (SSSR count). The molecule has 1 amide bonds. The minimum absolute atomic E-state index is 0.0781. The van der Waals surface area contributed by atoms with Gasteiger partial charge in [-0.05, 0) is 12.8 Å². The molecule has 0 fully saturated rings. The first-order valence-electron chi connectivity index (χ1n) is 20.4. The third kappa shape index (κ3) is 34.0. The maximum atomic E-state index is 12.8. The normalized spacial score (nSPS) is 14.6. The number of carbonyl (C=O) groups excluding carboxylic acids is 1. The highest BCUT2D eigenvalue weighted by molar-refractivity contribution is 7.47. The number of quaternary nitrogens is 1. The van der Waals surface area contributed by atoms with Crippen LogP contribution >= 0.6 is 7.82 Å². The number of phosphoric ester groups is 1. The molecule has 0 spiro atoms. The third-order valence-electron chi connectivity index (χ3n) is 9.36. The molecule has 0 aliphatic heterocycles. The standard InChI is InChI=1S/C39H81N2O6P/c1-6-8-10-12-14-16-17-18-19-20-21-22-23-25-26-28-30-32-38(42)37(36-47-48(44,45)46-35-34-41(3,4)5)40-39(43)33-31-29-27-24-15-13-11-9-7-2/h37-38,42H,6-36H2,1-5H3,(H-,40,43,44,45)/p+1. The number of nitrogens with zero attached hydrogens (tertiary/aromatic N) is 1. The van der Waals surface area contributed by atoms with Crippen LogP contribution in [0.25, 0.3) is 0 Å². The van der Waals surface area contributed by atoms with Gasteiger partial charge in [0.05, 0.1) is 39.9 Å². The summed E-state index contributed by atoms with van der Waals surface area (Å²) in [5.41, 5.74) is 0. The minimum atomic E-state index is -4.30. The van der Waals surface area contributed by atoms with Crippen LogP contribution in [0.1, 0.15) is 194 Å². The molecule has 0 aromatic carbocycles. The molecule has 0 saturated heterocycles. The summed E-state index contributed by atoms with van der Waals surface area (Å²) in [5, 5.41) is 13.9. The smallest absolute Gasteiger partial charge is 0.391 e. The van der Waals surface area contributed by atoms with Crippen LogP contribution in [-0.4, -0.2) is 73.4 Å². The van der Waals surface area contributed by atoms with Crippen LogP contribution in [0.3, 0.4) is 0 Å². The van der Waals surface area contributed by atoms with Gasteiger partial charge < -0.3 is 19.8 Å². The van der Waals surface area contributed by atoms with Crippen LogP contribution < -0.4 is 5.32 Å². The summed E-state index contributed by atoms with van der Waals surface area (Å²) in [6.45, 7) is 4.87. The van der Waals surface area contributed by atoms with E-state index in [1.807, 2.05) is 21.1 Å². The van der Waals surface area contributed by atoms with Gasteiger partial charge in [-0.3, -0.25) is 13.8 Å². The van der Waals surface area contributed by atoms with Gasteiger partial charge in [0.15, 0.2) is 0 Å². The number of amides is 1. The van der Waals surface area contributed by atoms with Crippen molar-refractivity contribution in [2.45, 2.75) is 206 Å². The molecule has 0 radical (unpaired) electrons. The molecule has 48 heavy (non-hydrogen) atoms. The maximum absolute atomic E-state index is 12.8. The van der Waals surface area contributed by atoms with Crippen molar-refractivity contribution >= 4 is 13.7 Å². The van der Waals surface area contributed by atoms with Crippen LogP contribution in [0.15, 0.2) is 0 Å². The number of aliphatic hydroxyl groups excluding tert-OH is 1. The second-order valence-corrected chi connectivity index (χ2v) is 16.8. The highest BCUT2D eigenvalue weighted by Crippen LogP contribution is 2.43. The fraction of sp³-hybridized carbons (Fsp3) is 0.974. The zero-order valence-electron chi connectivity index (χ0n) is 32.5. The van der Waals surface area contributed by atoms with E-state index in [0.717, 1.165) is 38.5 Å². The van der Waals surface area contributed by atoms with E-state index in [9.17, 15) is 19.4 Å². The molecule has 0 bridgehead atoms. The Kier molecular flexibility index (Phi) is 32.1. The van der Waals surface area contributed by atoms with Crippen molar-refractivity contribution in [3.05, 3.63) is 0 Å². The largest absolute Gasteiger partial charge is 0.472 e. The molecule has 9 heteroatoms. The van der Waals surface area contributed by atoms with E-state index in [-0.39, 0.29) is 19.1 Å². The summed E-state index contributed by atoms with van der Waals surface area (Å²) in [6, 6.07) is -0.750. The highest BCUT2D eigenvalue weighted by atomic mass is 31.2. The van der Waals surface area contributed by atoms with Crippen LogP contribution in [0.2, 0.25) is 0 Å². The second kappa shape index (κ2) is 32.4. The summed E-state index contributed by atoms with van der Waals surface area (Å²) >= 11 is 0. The Morgan fingerprint density at radius 1 is 0.625 bits per heavy atom. The molecule has 0 aromatic rings. The lowest BCUT2D eigenvalue weighted by molar-refractivity contribution is -0.870. The quantitative estimate of drug-likeness (QED) is 0.0338. The van der Waals surface area contributed by atoms with Gasteiger partial charge >= 0.3 is 7.82 Å². The van der Waals surface area contributed by atoms with Gasteiger partial charge in [-0.15, -0.1) is 0 Å². The molecule has 8 nitrogen and oxygen atoms in total. The van der Waals surface area contributed by atoms with E-state index in [2.05, 4.69) is 19.2 Å². The Balaban J connectivity index is 4.34. The second-order valence-electron chi connectivity index (χ2n) is 15.4. The first kappa shape index (κ1) is 47.5. The molecule has 0 aliphatic rings. The first-order chi connectivity index (χ1) is 23.0. The van der Waals surface area contributed by atoms with Crippen molar-refractivity contribution in [2.24, 2.45) is 0 Å². The summed E-state index contributed by atoms with van der Waals surface area (Å²) in [4.78, 5) is 23.0. The molecule has 0 aromatic heterocycles. The van der Waals surface area contributed by atoms with Crippen LogP contribution in [0, 0.1) is 0 Å². The molecule has 3 unspecified atom stereocenters. The topological polar surface area (TPSA) is 105 Å². The predicted octanol–water partition coefficient (Wildman–Crippen LogP) is 10.6. The molecule has 0 saturated carbocycles. The first-order valence-corrected chi connectivity index (χ1v) is 21.9. The van der Waals surface area contributed by atoms with Crippen molar-refractivity contribution in [2.75, 3.05) is 40.9 Å². The van der Waals surface area contributed by atoms with Gasteiger partial charge in [0, 0.05) is 6.42 Å². The van der Waals surface area contributed by atoms with Crippen LogP contribution in [0.5, 0.6) is 0 Å². The summed E-state index contributed by atoms with van der Waals surface area (Å²) in [5.74, 6) is -0.147. The number of hydrogen-bond donors (Lipinski definition) is 3. The highest BCUT2D eigenvalue weighted by Gasteiger charge is 2.28. The monoisotopic (exact) mass is 706 g/mol. The van der Waals surface area contributed by atoms with Gasteiger partial charge in [0.2, 0.25) is 5.91 Å². The molecule has 0 heterocycles. The molecule has 3 atom stereocenters. The van der Waals surface area contributed by atoms with Crippen LogP contribution in [0.4, 0.5) is 0 Å². The number of rotatable bonds is 37. The van der Waals surface area contributed by atoms with E-state index < -0.39 is 20.0 Å². The Labute approximate surface area is 298 Å². The predicted molar refractivity (Wildman–Crippen MR) is 203 cm³/mol. The van der Waals surface area contributed by atoms with Crippen molar-refractivity contribution < 1.29 is 32.9 Å².